The monoisotopic (exact) mass is 481 g/mol. The number of aromatic nitrogens is 2. The zero-order valence-electron chi connectivity index (χ0n) is 17.3. The van der Waals surface area contributed by atoms with E-state index in [1.165, 1.54) is 0 Å². The zero-order chi connectivity index (χ0) is 22.4. The lowest BCUT2D eigenvalue weighted by Crippen LogP contribution is -2.32. The maximum atomic E-state index is 12.8. The van der Waals surface area contributed by atoms with Crippen molar-refractivity contribution in [3.05, 3.63) is 91.1 Å². The van der Waals surface area contributed by atoms with E-state index in [9.17, 15) is 14.9 Å². The fourth-order valence-corrected chi connectivity index (χ4v) is 7.77. The highest BCUT2D eigenvalue weighted by Crippen LogP contribution is 2.45. The summed E-state index contributed by atoms with van der Waals surface area (Å²) < 4.78 is 2.23. The molecule has 0 radical (unpaired) electrons. The molecule has 0 saturated heterocycles. The number of non-ortho nitro benzene ring substituents is 1. The lowest BCUT2D eigenvalue weighted by atomic mass is 10.0. The Labute approximate surface area is 196 Å². The Balaban J connectivity index is 1.65. The van der Waals surface area contributed by atoms with Gasteiger partial charge in [-0.05, 0) is 37.1 Å². The minimum atomic E-state index is -0.381. The van der Waals surface area contributed by atoms with Crippen LogP contribution in [0.2, 0.25) is 0 Å². The van der Waals surface area contributed by atoms with Gasteiger partial charge in [-0.1, -0.05) is 42.1 Å². The van der Waals surface area contributed by atoms with Gasteiger partial charge in [-0.2, -0.15) is 4.98 Å². The van der Waals surface area contributed by atoms with E-state index in [2.05, 4.69) is 21.7 Å². The molecule has 2 aromatic heterocycles. The van der Waals surface area contributed by atoms with Crippen LogP contribution in [0.3, 0.4) is 0 Å². The average molecular weight is 482 g/mol. The van der Waals surface area contributed by atoms with Crippen molar-refractivity contribution >= 4 is 50.8 Å². The maximum absolute atomic E-state index is 12.8. The minimum Gasteiger partial charge on any atom is -0.303 e. The summed E-state index contributed by atoms with van der Waals surface area (Å²) in [6, 6.07) is 17.0. The van der Waals surface area contributed by atoms with Crippen LogP contribution in [0.1, 0.15) is 22.0 Å². The van der Waals surface area contributed by atoms with Crippen molar-refractivity contribution in [2.45, 2.75) is 35.2 Å². The lowest BCUT2D eigenvalue weighted by Gasteiger charge is -2.35. The quantitative estimate of drug-likeness (QED) is 0.207. The molecular weight excluding hydrogens is 462 g/mol. The molecule has 32 heavy (non-hydrogen) atoms. The molecular formula is C23H19N3O3S3. The summed E-state index contributed by atoms with van der Waals surface area (Å²) in [5.41, 5.74) is 2.09. The predicted octanol–water partition coefficient (Wildman–Crippen LogP) is 5.84. The Kier molecular flexibility index (Phi) is 5.56. The van der Waals surface area contributed by atoms with E-state index < -0.39 is 0 Å². The van der Waals surface area contributed by atoms with Crippen LogP contribution in [-0.2, 0) is 0 Å². The molecule has 5 rings (SSSR count). The molecule has 0 saturated carbocycles. The molecule has 6 nitrogen and oxygen atoms in total. The van der Waals surface area contributed by atoms with Crippen molar-refractivity contribution < 1.29 is 4.92 Å². The summed E-state index contributed by atoms with van der Waals surface area (Å²) in [6.07, 6.45) is 0. The molecule has 0 aliphatic carbocycles. The van der Waals surface area contributed by atoms with Crippen LogP contribution in [0.4, 0.5) is 5.69 Å². The molecule has 0 fully saturated rings. The summed E-state index contributed by atoms with van der Waals surface area (Å²) in [5, 5.41) is 12.6. The molecule has 1 aliphatic rings. The van der Waals surface area contributed by atoms with Crippen LogP contribution in [0, 0.1) is 24.0 Å². The number of benzene rings is 2. The van der Waals surface area contributed by atoms with E-state index in [1.807, 2.05) is 44.2 Å². The first kappa shape index (κ1) is 21.2. The van der Waals surface area contributed by atoms with E-state index in [0.717, 1.165) is 36.6 Å². The number of nitro benzene ring substituents is 1. The van der Waals surface area contributed by atoms with Crippen LogP contribution in [0.5, 0.6) is 0 Å². The summed E-state index contributed by atoms with van der Waals surface area (Å²) in [6.45, 7) is 4.03. The van der Waals surface area contributed by atoms with Crippen molar-refractivity contribution in [2.24, 2.45) is 0 Å². The van der Waals surface area contributed by atoms with Gasteiger partial charge in [0.25, 0.3) is 11.2 Å². The van der Waals surface area contributed by atoms with Gasteiger partial charge in [-0.25, -0.2) is 0 Å². The summed E-state index contributed by atoms with van der Waals surface area (Å²) >= 11 is 4.95. The molecule has 0 unspecified atom stereocenters. The third-order valence-electron chi connectivity index (χ3n) is 5.69. The third kappa shape index (κ3) is 3.64. The molecule has 2 aromatic carbocycles. The summed E-state index contributed by atoms with van der Waals surface area (Å²) in [5.74, 6) is 0.780. The number of nitrogens with zero attached hydrogens (tertiary/aromatic N) is 3. The van der Waals surface area contributed by atoms with Gasteiger partial charge < -0.3 is 4.57 Å². The van der Waals surface area contributed by atoms with Gasteiger partial charge in [0, 0.05) is 32.9 Å². The van der Waals surface area contributed by atoms with Crippen LogP contribution < -0.4 is 5.56 Å². The van der Waals surface area contributed by atoms with Crippen molar-refractivity contribution in [3.8, 4) is 0 Å². The molecule has 0 amide bonds. The first-order valence-electron chi connectivity index (χ1n) is 10.0. The second-order valence-corrected chi connectivity index (χ2v) is 11.1. The zero-order valence-corrected chi connectivity index (χ0v) is 19.8. The smallest absolute Gasteiger partial charge is 0.282 e. The standard InChI is InChI=1S/C23H19N3O3S3/c1-13-14(2)31-22-19(13)21(27)24-23-25(22)20(15-6-4-3-5-7-15)18(12-30-23)32-17-10-8-16(9-11-17)26(28)29/h3-11,18,20H,12H2,1-2H3/t18-,20+/m1/s1. The van der Waals surface area contributed by atoms with Gasteiger partial charge >= 0.3 is 0 Å². The van der Waals surface area contributed by atoms with Gasteiger partial charge in [-0.15, -0.1) is 23.1 Å². The fourth-order valence-electron chi connectivity index (χ4n) is 4.01. The highest BCUT2D eigenvalue weighted by atomic mass is 32.2. The molecule has 4 aromatic rings. The van der Waals surface area contributed by atoms with Gasteiger partial charge in [0.2, 0.25) is 0 Å². The number of rotatable bonds is 4. The number of hydrogen-bond acceptors (Lipinski definition) is 7. The number of aryl methyl sites for hydroxylation is 2. The van der Waals surface area contributed by atoms with Gasteiger partial charge in [0.1, 0.15) is 4.83 Å². The van der Waals surface area contributed by atoms with E-state index in [1.54, 1.807) is 47.0 Å². The Morgan fingerprint density at radius 2 is 1.84 bits per heavy atom. The largest absolute Gasteiger partial charge is 0.303 e. The Bertz CT molecular complexity index is 1380. The highest BCUT2D eigenvalue weighted by molar-refractivity contribution is 8.03. The summed E-state index contributed by atoms with van der Waals surface area (Å²) in [7, 11) is 0. The fraction of sp³-hybridized carbons (Fsp3) is 0.217. The Morgan fingerprint density at radius 1 is 1.12 bits per heavy atom. The molecule has 0 bridgehead atoms. The molecule has 0 N–H and O–H groups in total. The average Bonchev–Trinajstić information content (AvgIpc) is 3.10. The van der Waals surface area contributed by atoms with Crippen LogP contribution >= 0.6 is 34.9 Å². The molecule has 1 aliphatic heterocycles. The van der Waals surface area contributed by atoms with E-state index in [0.29, 0.717) is 5.39 Å². The third-order valence-corrected chi connectivity index (χ3v) is 9.45. The van der Waals surface area contributed by atoms with Crippen LogP contribution in [0.25, 0.3) is 10.2 Å². The van der Waals surface area contributed by atoms with Crippen LogP contribution in [-0.4, -0.2) is 25.5 Å². The van der Waals surface area contributed by atoms with Crippen molar-refractivity contribution in [3.63, 3.8) is 0 Å². The molecule has 3 heterocycles. The second kappa shape index (κ2) is 8.38. The number of thiophene rings is 1. The second-order valence-electron chi connectivity index (χ2n) is 7.61. The minimum absolute atomic E-state index is 0.0132. The first-order valence-corrected chi connectivity index (χ1v) is 12.7. The molecule has 162 valence electrons. The molecule has 2 atom stereocenters. The van der Waals surface area contributed by atoms with Crippen molar-refractivity contribution in [1.29, 1.82) is 0 Å². The molecule has 0 spiro atoms. The Morgan fingerprint density at radius 3 is 2.53 bits per heavy atom. The first-order chi connectivity index (χ1) is 15.4. The number of nitro groups is 1. The molecule has 9 heteroatoms. The van der Waals surface area contributed by atoms with Crippen molar-refractivity contribution in [1.82, 2.24) is 9.55 Å². The van der Waals surface area contributed by atoms with E-state index in [4.69, 9.17) is 0 Å². The summed E-state index contributed by atoms with van der Waals surface area (Å²) in [4.78, 5) is 31.0. The van der Waals surface area contributed by atoms with Gasteiger partial charge in [0.05, 0.1) is 16.4 Å². The SMILES string of the molecule is Cc1sc2c(c1C)c(=O)nc1n2[C@@H](c2ccccc2)[C@H](Sc2ccc([N+](=O)[O-])cc2)CS1. The van der Waals surface area contributed by atoms with Gasteiger partial charge in [0.15, 0.2) is 5.16 Å². The van der Waals surface area contributed by atoms with E-state index in [-0.39, 0.29) is 27.5 Å². The predicted molar refractivity (Wildman–Crippen MR) is 131 cm³/mol. The number of thioether (sulfide) groups is 2. The Hall–Kier alpha value is -2.62. The van der Waals surface area contributed by atoms with Crippen LogP contribution in [0.15, 0.2) is 69.4 Å². The normalized spacial score (nSPS) is 17.9. The van der Waals surface area contributed by atoms with Gasteiger partial charge in [-0.3, -0.25) is 14.9 Å². The lowest BCUT2D eigenvalue weighted by molar-refractivity contribution is -0.384. The van der Waals surface area contributed by atoms with Crippen molar-refractivity contribution in [2.75, 3.05) is 5.75 Å². The maximum Gasteiger partial charge on any atom is 0.282 e. The topological polar surface area (TPSA) is 78.0 Å². The number of fused-ring (bicyclic) bond motifs is 3. The van der Waals surface area contributed by atoms with E-state index >= 15 is 0 Å². The highest BCUT2D eigenvalue weighted by Gasteiger charge is 2.35. The number of hydrogen-bond donors (Lipinski definition) is 0.